The Bertz CT molecular complexity index is 774. The molecule has 94 valence electrons. The third kappa shape index (κ3) is 1.50. The zero-order chi connectivity index (χ0) is 12.8. The largest absolute Gasteiger partial charge is 0.370 e. The van der Waals surface area contributed by atoms with E-state index in [1.807, 2.05) is 34.2 Å². The summed E-state index contributed by atoms with van der Waals surface area (Å²) in [5, 5.41) is 8.93. The first kappa shape index (κ1) is 10.4. The molecule has 19 heavy (non-hydrogen) atoms. The molecule has 0 bridgehead atoms. The number of nitrogens with one attached hydrogen (secondary N) is 1. The van der Waals surface area contributed by atoms with Gasteiger partial charge in [0.15, 0.2) is 12.1 Å². The van der Waals surface area contributed by atoms with Gasteiger partial charge < -0.3 is 5.73 Å². The normalized spacial score (nSPS) is 17.9. The molecule has 0 unspecified atom stereocenters. The third-order valence-corrected chi connectivity index (χ3v) is 3.51. The van der Waals surface area contributed by atoms with Crippen molar-refractivity contribution in [2.24, 2.45) is 10.7 Å². The molecule has 3 aromatic rings. The van der Waals surface area contributed by atoms with Gasteiger partial charge in [-0.25, -0.2) is 9.98 Å². The van der Waals surface area contributed by atoms with Gasteiger partial charge in [-0.15, -0.1) is 5.10 Å². The fraction of sp³-hybridized carbons (Fsp3) is 0.0909. The maximum atomic E-state index is 5.81. The number of nitrogens with zero attached hydrogens (tertiary/aromatic N) is 5. The number of guanidine groups is 1. The number of aromatic nitrogens is 4. The quantitative estimate of drug-likeness (QED) is 0.693. The van der Waals surface area contributed by atoms with E-state index in [0.717, 1.165) is 16.7 Å². The number of aliphatic imine (C=N–C) groups is 1. The number of rotatable bonds is 1. The van der Waals surface area contributed by atoms with Crippen molar-refractivity contribution >= 4 is 34.5 Å². The highest BCUT2D eigenvalue weighted by atomic mass is 32.1. The zero-order valence-corrected chi connectivity index (χ0v) is 10.5. The molecule has 3 N–H and O–H groups in total. The third-order valence-electron chi connectivity index (χ3n) is 2.98. The molecule has 0 aliphatic carbocycles. The van der Waals surface area contributed by atoms with Crippen LogP contribution in [0.4, 0.5) is 5.95 Å². The summed E-state index contributed by atoms with van der Waals surface area (Å²) in [6, 6.07) is 7.87. The molecule has 0 amide bonds. The minimum atomic E-state index is -0.317. The van der Waals surface area contributed by atoms with E-state index in [-0.39, 0.29) is 6.17 Å². The van der Waals surface area contributed by atoms with E-state index < -0.39 is 0 Å². The van der Waals surface area contributed by atoms with Crippen LogP contribution in [0.5, 0.6) is 0 Å². The van der Waals surface area contributed by atoms with Crippen molar-refractivity contribution in [2.75, 3.05) is 5.32 Å². The lowest BCUT2D eigenvalue weighted by Crippen LogP contribution is -2.31. The second-order valence-corrected chi connectivity index (χ2v) is 4.75. The molecule has 4 rings (SSSR count). The monoisotopic (exact) mass is 271 g/mol. The summed E-state index contributed by atoms with van der Waals surface area (Å²) >= 11 is 1.29. The standard InChI is InChI=1S/C11H9N7S/c12-10-14-9(7-5-19-17-16-7)18-8-4-2-1-3-6(8)13-11(18)15-10/h1-5,9H,(H3,12,13,14,15)/t9-/m0/s1. The smallest absolute Gasteiger partial charge is 0.212 e. The number of imidazole rings is 1. The van der Waals surface area contributed by atoms with Gasteiger partial charge in [0.25, 0.3) is 0 Å². The van der Waals surface area contributed by atoms with E-state index in [1.54, 1.807) is 0 Å². The molecule has 1 atom stereocenters. The number of benzene rings is 1. The van der Waals surface area contributed by atoms with Gasteiger partial charge in [0.1, 0.15) is 5.69 Å². The second kappa shape index (κ2) is 3.75. The highest BCUT2D eigenvalue weighted by molar-refractivity contribution is 7.03. The van der Waals surface area contributed by atoms with Crippen molar-refractivity contribution in [3.8, 4) is 0 Å². The Labute approximate surface area is 112 Å². The van der Waals surface area contributed by atoms with E-state index in [0.29, 0.717) is 11.9 Å². The van der Waals surface area contributed by atoms with E-state index in [1.165, 1.54) is 11.5 Å². The van der Waals surface area contributed by atoms with Crippen LogP contribution in [0.3, 0.4) is 0 Å². The maximum absolute atomic E-state index is 5.81. The predicted octanol–water partition coefficient (Wildman–Crippen LogP) is 1.17. The predicted molar refractivity (Wildman–Crippen MR) is 73.0 cm³/mol. The molecule has 8 heteroatoms. The molecule has 1 aromatic carbocycles. The molecule has 0 spiro atoms. The Morgan fingerprint density at radius 1 is 1.32 bits per heavy atom. The number of fused-ring (bicyclic) bond motifs is 3. The van der Waals surface area contributed by atoms with Gasteiger partial charge in [0, 0.05) is 5.38 Å². The summed E-state index contributed by atoms with van der Waals surface area (Å²) < 4.78 is 5.86. The van der Waals surface area contributed by atoms with Crippen molar-refractivity contribution in [2.45, 2.75) is 6.17 Å². The van der Waals surface area contributed by atoms with Crippen molar-refractivity contribution in [3.05, 3.63) is 35.3 Å². The minimum Gasteiger partial charge on any atom is -0.370 e. The van der Waals surface area contributed by atoms with E-state index >= 15 is 0 Å². The van der Waals surface area contributed by atoms with Gasteiger partial charge >= 0.3 is 0 Å². The van der Waals surface area contributed by atoms with Crippen LogP contribution in [0.25, 0.3) is 11.0 Å². The van der Waals surface area contributed by atoms with E-state index in [4.69, 9.17) is 5.73 Å². The molecule has 1 aliphatic heterocycles. The van der Waals surface area contributed by atoms with Gasteiger partial charge in [0.2, 0.25) is 5.95 Å². The molecule has 0 saturated carbocycles. The maximum Gasteiger partial charge on any atom is 0.212 e. The zero-order valence-electron chi connectivity index (χ0n) is 9.69. The fourth-order valence-electron chi connectivity index (χ4n) is 2.20. The summed E-state index contributed by atoms with van der Waals surface area (Å²) in [6.45, 7) is 0. The molecular formula is C11H9N7S. The van der Waals surface area contributed by atoms with Gasteiger partial charge in [-0.1, -0.05) is 16.6 Å². The number of para-hydroxylation sites is 2. The summed E-state index contributed by atoms with van der Waals surface area (Å²) in [4.78, 5) is 8.91. The van der Waals surface area contributed by atoms with Crippen molar-refractivity contribution in [1.82, 2.24) is 19.1 Å². The van der Waals surface area contributed by atoms with Crippen LogP contribution in [0.15, 0.2) is 34.6 Å². The average Bonchev–Trinajstić information content (AvgIpc) is 3.04. The Kier molecular flexibility index (Phi) is 2.06. The van der Waals surface area contributed by atoms with Gasteiger partial charge in [0.05, 0.1) is 11.0 Å². The van der Waals surface area contributed by atoms with Crippen LogP contribution < -0.4 is 11.1 Å². The van der Waals surface area contributed by atoms with Crippen molar-refractivity contribution < 1.29 is 0 Å². The number of anilines is 1. The van der Waals surface area contributed by atoms with Crippen LogP contribution in [0.1, 0.15) is 11.9 Å². The molecule has 0 radical (unpaired) electrons. The van der Waals surface area contributed by atoms with Crippen LogP contribution in [-0.4, -0.2) is 25.1 Å². The Morgan fingerprint density at radius 2 is 2.21 bits per heavy atom. The summed E-state index contributed by atoms with van der Waals surface area (Å²) in [5.74, 6) is 1.01. The first-order valence-corrected chi connectivity index (χ1v) is 6.51. The molecule has 1 aliphatic rings. The molecule has 0 fully saturated rings. The average molecular weight is 271 g/mol. The van der Waals surface area contributed by atoms with Crippen LogP contribution in [-0.2, 0) is 0 Å². The highest BCUT2D eigenvalue weighted by Gasteiger charge is 2.26. The lowest BCUT2D eigenvalue weighted by Gasteiger charge is -2.21. The van der Waals surface area contributed by atoms with Crippen LogP contribution in [0, 0.1) is 0 Å². The van der Waals surface area contributed by atoms with Crippen LogP contribution >= 0.6 is 11.5 Å². The van der Waals surface area contributed by atoms with Crippen molar-refractivity contribution in [3.63, 3.8) is 0 Å². The Hall–Kier alpha value is -2.48. The minimum absolute atomic E-state index is 0.317. The van der Waals surface area contributed by atoms with Gasteiger partial charge in [-0.2, -0.15) is 0 Å². The fourth-order valence-corrected chi connectivity index (χ4v) is 2.66. The van der Waals surface area contributed by atoms with E-state index in [2.05, 4.69) is 24.9 Å². The molecule has 7 nitrogen and oxygen atoms in total. The van der Waals surface area contributed by atoms with Gasteiger partial charge in [-0.3, -0.25) is 9.88 Å². The highest BCUT2D eigenvalue weighted by Crippen LogP contribution is 2.31. The topological polar surface area (TPSA) is 94.0 Å². The summed E-state index contributed by atoms with van der Waals surface area (Å²) in [5.41, 5.74) is 8.45. The summed E-state index contributed by atoms with van der Waals surface area (Å²) in [7, 11) is 0. The number of hydrogen-bond acceptors (Lipinski definition) is 7. The summed E-state index contributed by atoms with van der Waals surface area (Å²) in [6.07, 6.45) is -0.317. The molecule has 3 heterocycles. The SMILES string of the molecule is NC1=N[C@H](c2csnn2)n2c(nc3ccccc32)N1. The van der Waals surface area contributed by atoms with E-state index in [9.17, 15) is 0 Å². The Balaban J connectivity index is 2.00. The first-order chi connectivity index (χ1) is 9.33. The molecule has 0 saturated heterocycles. The van der Waals surface area contributed by atoms with Gasteiger partial charge in [-0.05, 0) is 23.7 Å². The number of hydrogen-bond donors (Lipinski definition) is 2. The molecule has 2 aromatic heterocycles. The lowest BCUT2D eigenvalue weighted by molar-refractivity contribution is 0.606. The van der Waals surface area contributed by atoms with Crippen LogP contribution in [0.2, 0.25) is 0 Å². The molecular weight excluding hydrogens is 262 g/mol. The lowest BCUT2D eigenvalue weighted by atomic mass is 10.3. The second-order valence-electron chi connectivity index (χ2n) is 4.14. The Morgan fingerprint density at radius 3 is 3.05 bits per heavy atom. The number of nitrogens with two attached hydrogens (primary N) is 1. The van der Waals surface area contributed by atoms with Crippen molar-refractivity contribution in [1.29, 1.82) is 0 Å². The first-order valence-electron chi connectivity index (χ1n) is 5.67.